The van der Waals surface area contributed by atoms with Gasteiger partial charge >= 0.3 is 0 Å². The van der Waals surface area contributed by atoms with Crippen LogP contribution in [0.1, 0.15) is 22.7 Å². The second-order valence-corrected chi connectivity index (χ2v) is 10.7. The van der Waals surface area contributed by atoms with Crippen molar-refractivity contribution in [1.29, 1.82) is 0 Å². The van der Waals surface area contributed by atoms with Crippen LogP contribution in [0.3, 0.4) is 0 Å². The lowest BCUT2D eigenvalue weighted by Gasteiger charge is -2.26. The zero-order valence-electron chi connectivity index (χ0n) is 19.4. The van der Waals surface area contributed by atoms with Crippen molar-refractivity contribution < 1.29 is 23.1 Å². The van der Waals surface area contributed by atoms with Crippen LogP contribution in [0, 0.1) is 6.92 Å². The molecule has 1 fully saturated rings. The molecular weight excluding hydrogens is 442 g/mol. The first-order chi connectivity index (χ1) is 15.4. The van der Waals surface area contributed by atoms with Crippen LogP contribution >= 0.6 is 0 Å². The number of benzene rings is 2. The number of aryl methyl sites for hydroxylation is 1. The van der Waals surface area contributed by atoms with E-state index >= 15 is 0 Å². The molecule has 1 atom stereocenters. The highest BCUT2D eigenvalue weighted by atomic mass is 32.2. The molecule has 2 aromatic carbocycles. The summed E-state index contributed by atoms with van der Waals surface area (Å²) in [5.41, 5.74) is 2.00. The number of likely N-dealkylation sites (N-methyl/N-ethyl adjacent to an activating group) is 1. The predicted molar refractivity (Wildman–Crippen MR) is 126 cm³/mol. The molecule has 1 N–H and O–H groups in total. The molecule has 1 saturated heterocycles. The summed E-state index contributed by atoms with van der Waals surface area (Å²) in [6, 6.07) is 12.3. The monoisotopic (exact) mass is 471 g/mol. The highest BCUT2D eigenvalue weighted by Crippen LogP contribution is 2.39. The Morgan fingerprint density at radius 1 is 0.970 bits per heavy atom. The number of aliphatic hydroxyl groups excluding tert-OH is 1. The summed E-state index contributed by atoms with van der Waals surface area (Å²) < 4.78 is 25.8. The first-order valence-electron chi connectivity index (χ1n) is 10.5. The van der Waals surface area contributed by atoms with Crippen LogP contribution < -0.4 is 0 Å². The van der Waals surface area contributed by atoms with Gasteiger partial charge in [-0.25, -0.2) is 12.7 Å². The number of likely N-dealkylation sites (tertiary alicyclic amines) is 1. The number of hydrogen-bond donors (Lipinski definition) is 1. The molecule has 33 heavy (non-hydrogen) atoms. The molecule has 0 saturated carbocycles. The van der Waals surface area contributed by atoms with Gasteiger partial charge in [0, 0.05) is 32.7 Å². The summed E-state index contributed by atoms with van der Waals surface area (Å²) in [6.07, 6.45) is 0. The van der Waals surface area contributed by atoms with Crippen molar-refractivity contribution in [2.45, 2.75) is 17.9 Å². The normalized spacial score (nSPS) is 18.5. The Kier molecular flexibility index (Phi) is 7.06. The largest absolute Gasteiger partial charge is 0.507 e. The fraction of sp³-hybridized carbons (Fsp3) is 0.333. The lowest BCUT2D eigenvalue weighted by molar-refractivity contribution is -0.140. The topological polar surface area (TPSA) is 98.2 Å². The number of sulfonamides is 1. The number of amides is 1. The molecule has 1 aliphatic rings. The molecule has 1 aliphatic heterocycles. The van der Waals surface area contributed by atoms with Gasteiger partial charge in [0.15, 0.2) is 0 Å². The van der Waals surface area contributed by atoms with Gasteiger partial charge in [0.25, 0.3) is 11.7 Å². The quantitative estimate of drug-likeness (QED) is 0.378. The standard InChI is InChI=1S/C24H29N3O5S/c1-16-6-8-17(9-7-16)21-20(23(29)24(30)27(21)15-14-25(2)3)22(28)18-10-12-19(13-11-18)33(31,32)26(4)5/h6-13,21,28H,14-15H2,1-5H3/b22-20+/t21-/m0/s1. The number of Topliss-reactive ketones (excluding diaryl/α,β-unsaturated/α-hetero) is 1. The molecule has 0 bridgehead atoms. The van der Waals surface area contributed by atoms with E-state index in [2.05, 4.69) is 0 Å². The van der Waals surface area contributed by atoms with Gasteiger partial charge in [0.2, 0.25) is 10.0 Å². The van der Waals surface area contributed by atoms with Gasteiger partial charge in [-0.05, 0) is 50.8 Å². The Bertz CT molecular complexity index is 1180. The maximum absolute atomic E-state index is 13.0. The van der Waals surface area contributed by atoms with Crippen molar-refractivity contribution in [3.05, 3.63) is 70.8 Å². The lowest BCUT2D eigenvalue weighted by Crippen LogP contribution is -2.35. The highest BCUT2D eigenvalue weighted by molar-refractivity contribution is 7.89. The minimum absolute atomic E-state index is 0.00849. The third kappa shape index (κ3) is 4.85. The van der Waals surface area contributed by atoms with Crippen molar-refractivity contribution >= 4 is 27.5 Å². The second-order valence-electron chi connectivity index (χ2n) is 8.52. The highest BCUT2D eigenvalue weighted by Gasteiger charge is 2.45. The summed E-state index contributed by atoms with van der Waals surface area (Å²) >= 11 is 0. The molecule has 1 amide bonds. The number of nitrogens with zero attached hydrogens (tertiary/aromatic N) is 3. The molecule has 0 aliphatic carbocycles. The van der Waals surface area contributed by atoms with Gasteiger partial charge in [-0.3, -0.25) is 9.59 Å². The van der Waals surface area contributed by atoms with Gasteiger partial charge in [0.1, 0.15) is 5.76 Å². The van der Waals surface area contributed by atoms with E-state index < -0.39 is 27.8 Å². The summed E-state index contributed by atoms with van der Waals surface area (Å²) in [4.78, 5) is 29.4. The van der Waals surface area contributed by atoms with Crippen molar-refractivity contribution in [1.82, 2.24) is 14.1 Å². The Hall–Kier alpha value is -3.01. The Morgan fingerprint density at radius 2 is 1.55 bits per heavy atom. The van der Waals surface area contributed by atoms with Gasteiger partial charge in [-0.2, -0.15) is 0 Å². The van der Waals surface area contributed by atoms with E-state index in [4.69, 9.17) is 0 Å². The maximum atomic E-state index is 13.0. The van der Waals surface area contributed by atoms with Crippen LogP contribution in [-0.4, -0.2) is 80.6 Å². The smallest absolute Gasteiger partial charge is 0.295 e. The first-order valence-corrected chi connectivity index (χ1v) is 11.9. The minimum Gasteiger partial charge on any atom is -0.507 e. The second kappa shape index (κ2) is 9.46. The van der Waals surface area contributed by atoms with Crippen LogP contribution in [0.25, 0.3) is 5.76 Å². The van der Waals surface area contributed by atoms with E-state index in [1.807, 2.05) is 50.2 Å². The van der Waals surface area contributed by atoms with Gasteiger partial charge < -0.3 is 14.9 Å². The van der Waals surface area contributed by atoms with E-state index in [0.29, 0.717) is 18.7 Å². The van der Waals surface area contributed by atoms with Crippen molar-refractivity contribution in [3.8, 4) is 0 Å². The van der Waals surface area contributed by atoms with E-state index in [9.17, 15) is 23.1 Å². The SMILES string of the molecule is Cc1ccc([C@H]2/C(=C(\O)c3ccc(S(=O)(=O)N(C)C)cc3)C(=O)C(=O)N2CCN(C)C)cc1. The minimum atomic E-state index is -3.64. The number of carbonyl (C=O) groups is 2. The Labute approximate surface area is 194 Å². The summed E-state index contributed by atoms with van der Waals surface area (Å²) in [6.45, 7) is 2.80. The third-order valence-electron chi connectivity index (χ3n) is 5.63. The molecule has 2 aromatic rings. The number of ketones is 1. The average molecular weight is 472 g/mol. The summed E-state index contributed by atoms with van der Waals surface area (Å²) in [5.74, 6) is -1.77. The molecule has 0 radical (unpaired) electrons. The van der Waals surface area contributed by atoms with Crippen molar-refractivity contribution in [3.63, 3.8) is 0 Å². The van der Waals surface area contributed by atoms with Crippen molar-refractivity contribution in [2.75, 3.05) is 41.3 Å². The molecule has 0 aromatic heterocycles. The van der Waals surface area contributed by atoms with Crippen molar-refractivity contribution in [2.24, 2.45) is 0 Å². The van der Waals surface area contributed by atoms with Crippen LogP contribution in [0.5, 0.6) is 0 Å². The van der Waals surface area contributed by atoms with Crippen LogP contribution in [0.15, 0.2) is 59.0 Å². The zero-order chi connectivity index (χ0) is 24.5. The van der Waals surface area contributed by atoms with Crippen LogP contribution in [-0.2, 0) is 19.6 Å². The Morgan fingerprint density at radius 3 is 2.06 bits per heavy atom. The van der Waals surface area contributed by atoms with Gasteiger partial charge in [-0.15, -0.1) is 0 Å². The number of carbonyl (C=O) groups excluding carboxylic acids is 2. The molecule has 3 rings (SSSR count). The first kappa shape index (κ1) is 24.6. The fourth-order valence-corrected chi connectivity index (χ4v) is 4.57. The maximum Gasteiger partial charge on any atom is 0.295 e. The van der Waals surface area contributed by atoms with E-state index in [-0.39, 0.29) is 21.8 Å². The molecule has 9 heteroatoms. The fourth-order valence-electron chi connectivity index (χ4n) is 3.66. The summed E-state index contributed by atoms with van der Waals surface area (Å²) in [5, 5.41) is 11.1. The predicted octanol–water partition coefficient (Wildman–Crippen LogP) is 2.23. The molecular formula is C24H29N3O5S. The number of rotatable bonds is 7. The number of aliphatic hydroxyl groups is 1. The molecule has 1 heterocycles. The molecule has 0 unspecified atom stereocenters. The van der Waals surface area contributed by atoms with E-state index in [0.717, 1.165) is 9.87 Å². The van der Waals surface area contributed by atoms with Crippen LogP contribution in [0.2, 0.25) is 0 Å². The Balaban J connectivity index is 2.11. The average Bonchev–Trinajstić information content (AvgIpc) is 3.02. The van der Waals surface area contributed by atoms with E-state index in [1.54, 1.807) is 0 Å². The summed E-state index contributed by atoms with van der Waals surface area (Å²) in [7, 11) is 2.97. The number of hydrogen-bond acceptors (Lipinski definition) is 6. The van der Waals surface area contributed by atoms with E-state index in [1.165, 1.54) is 43.3 Å². The zero-order valence-corrected chi connectivity index (χ0v) is 20.3. The van der Waals surface area contributed by atoms with Gasteiger partial charge in [-0.1, -0.05) is 29.8 Å². The van der Waals surface area contributed by atoms with Crippen LogP contribution in [0.4, 0.5) is 0 Å². The van der Waals surface area contributed by atoms with Gasteiger partial charge in [0.05, 0.1) is 16.5 Å². The molecule has 0 spiro atoms. The lowest BCUT2D eigenvalue weighted by atomic mass is 9.95. The molecule has 8 nitrogen and oxygen atoms in total. The molecule has 176 valence electrons. The third-order valence-corrected chi connectivity index (χ3v) is 7.46.